The van der Waals surface area contributed by atoms with Crippen LogP contribution >= 0.6 is 0 Å². The molecule has 1 unspecified atom stereocenters. The number of nitrogens with one attached hydrogen (secondary N) is 1. The molecule has 0 amide bonds. The highest BCUT2D eigenvalue weighted by Crippen LogP contribution is 2.31. The number of halogens is 4. The van der Waals surface area contributed by atoms with Crippen molar-refractivity contribution in [1.29, 1.82) is 0 Å². The molecular weight excluding hydrogens is 306 g/mol. The Morgan fingerprint density at radius 1 is 1.24 bits per heavy atom. The number of alkyl halides is 3. The molecule has 0 aliphatic rings. The lowest BCUT2D eigenvalue weighted by atomic mass is 10.1. The van der Waals surface area contributed by atoms with E-state index in [4.69, 9.17) is 0 Å². The first-order valence-corrected chi connectivity index (χ1v) is 7.73. The SMILES string of the molecule is C[C@H](NCS(=O)C(C)(C)C)c1ccc(C(F)(F)F)cc1F. The van der Waals surface area contributed by atoms with Gasteiger partial charge < -0.3 is 0 Å². The minimum atomic E-state index is -4.57. The van der Waals surface area contributed by atoms with Gasteiger partial charge in [-0.2, -0.15) is 13.2 Å². The van der Waals surface area contributed by atoms with Crippen LogP contribution in [0.3, 0.4) is 0 Å². The molecule has 0 saturated carbocycles. The van der Waals surface area contributed by atoms with Crippen molar-refractivity contribution in [2.75, 3.05) is 5.88 Å². The Morgan fingerprint density at radius 3 is 2.24 bits per heavy atom. The van der Waals surface area contributed by atoms with Crippen molar-refractivity contribution in [2.45, 2.75) is 44.7 Å². The normalized spacial score (nSPS) is 15.8. The summed E-state index contributed by atoms with van der Waals surface area (Å²) in [5.74, 6) is -0.781. The fraction of sp³-hybridized carbons (Fsp3) is 0.571. The van der Waals surface area contributed by atoms with Crippen LogP contribution in [0, 0.1) is 5.82 Å². The van der Waals surface area contributed by atoms with Gasteiger partial charge in [-0.05, 0) is 39.8 Å². The second-order valence-electron chi connectivity index (χ2n) is 5.76. The largest absolute Gasteiger partial charge is 0.416 e. The molecule has 2 nitrogen and oxygen atoms in total. The van der Waals surface area contributed by atoms with E-state index >= 15 is 0 Å². The first kappa shape index (κ1) is 18.1. The van der Waals surface area contributed by atoms with Crippen LogP contribution in [0.15, 0.2) is 18.2 Å². The quantitative estimate of drug-likeness (QED) is 0.848. The van der Waals surface area contributed by atoms with Gasteiger partial charge in [0.2, 0.25) is 0 Å². The van der Waals surface area contributed by atoms with Gasteiger partial charge in [0.05, 0.1) is 11.4 Å². The van der Waals surface area contributed by atoms with Crippen LogP contribution in [-0.4, -0.2) is 14.8 Å². The van der Waals surface area contributed by atoms with Crippen molar-refractivity contribution in [1.82, 2.24) is 5.32 Å². The lowest BCUT2D eigenvalue weighted by Crippen LogP contribution is -2.32. The maximum atomic E-state index is 13.8. The first-order chi connectivity index (χ1) is 9.43. The molecular formula is C14H19F4NOS. The highest BCUT2D eigenvalue weighted by molar-refractivity contribution is 7.86. The van der Waals surface area contributed by atoms with Gasteiger partial charge >= 0.3 is 6.18 Å². The zero-order chi connectivity index (χ0) is 16.4. The van der Waals surface area contributed by atoms with E-state index in [1.807, 2.05) is 20.8 Å². The van der Waals surface area contributed by atoms with Gasteiger partial charge in [-0.25, -0.2) is 4.39 Å². The predicted molar refractivity (Wildman–Crippen MR) is 75.7 cm³/mol. The molecule has 0 spiro atoms. The third-order valence-electron chi connectivity index (χ3n) is 3.00. The first-order valence-electron chi connectivity index (χ1n) is 6.41. The van der Waals surface area contributed by atoms with Gasteiger partial charge in [-0.1, -0.05) is 6.07 Å². The molecule has 0 radical (unpaired) electrons. The average Bonchev–Trinajstić information content (AvgIpc) is 2.33. The van der Waals surface area contributed by atoms with Crippen molar-refractivity contribution in [3.63, 3.8) is 0 Å². The molecule has 0 bridgehead atoms. The summed E-state index contributed by atoms with van der Waals surface area (Å²) in [7, 11) is -1.17. The maximum Gasteiger partial charge on any atom is 0.416 e. The van der Waals surface area contributed by atoms with E-state index in [2.05, 4.69) is 5.32 Å². The average molecular weight is 325 g/mol. The molecule has 1 N–H and O–H groups in total. The van der Waals surface area contributed by atoms with Crippen LogP contribution in [0.1, 0.15) is 44.9 Å². The molecule has 0 fully saturated rings. The maximum absolute atomic E-state index is 13.8. The molecule has 1 rings (SSSR count). The van der Waals surface area contributed by atoms with E-state index in [1.54, 1.807) is 6.92 Å². The highest BCUT2D eigenvalue weighted by Gasteiger charge is 2.31. The van der Waals surface area contributed by atoms with Gasteiger partial charge in [0, 0.05) is 27.2 Å². The Kier molecular flexibility index (Phi) is 5.55. The zero-order valence-electron chi connectivity index (χ0n) is 12.3. The van der Waals surface area contributed by atoms with E-state index in [0.717, 1.165) is 12.1 Å². The van der Waals surface area contributed by atoms with Gasteiger partial charge in [0.1, 0.15) is 5.82 Å². The molecule has 0 aliphatic heterocycles. The summed E-state index contributed by atoms with van der Waals surface area (Å²) in [6.07, 6.45) is -4.57. The molecule has 120 valence electrons. The molecule has 21 heavy (non-hydrogen) atoms. The third kappa shape index (κ3) is 5.07. The molecule has 1 aromatic rings. The fourth-order valence-corrected chi connectivity index (χ4v) is 2.42. The fourth-order valence-electron chi connectivity index (χ4n) is 1.58. The number of hydrogen-bond acceptors (Lipinski definition) is 2. The summed E-state index contributed by atoms with van der Waals surface area (Å²) in [5, 5.41) is 2.88. The van der Waals surface area contributed by atoms with Crippen molar-refractivity contribution >= 4 is 10.8 Å². The van der Waals surface area contributed by atoms with Crippen LogP contribution in [0.2, 0.25) is 0 Å². The third-order valence-corrected chi connectivity index (χ3v) is 4.79. The Labute approximate surface area is 124 Å². The van der Waals surface area contributed by atoms with Gasteiger partial charge in [0.15, 0.2) is 0 Å². The standard InChI is InChI=1S/C14H19F4NOS/c1-9(19-8-21(20)13(2,3)4)11-6-5-10(7-12(11)15)14(16,17)18/h5-7,9,19H,8H2,1-4H3/t9-,21?/m0/s1. The summed E-state index contributed by atoms with van der Waals surface area (Å²) in [6, 6.07) is 1.90. The van der Waals surface area contributed by atoms with Crippen LogP contribution in [0.25, 0.3) is 0 Å². The number of hydrogen-bond donors (Lipinski definition) is 1. The van der Waals surface area contributed by atoms with E-state index in [1.165, 1.54) is 0 Å². The van der Waals surface area contributed by atoms with Crippen LogP contribution in [-0.2, 0) is 17.0 Å². The minimum Gasteiger partial charge on any atom is -0.299 e. The number of benzene rings is 1. The van der Waals surface area contributed by atoms with E-state index < -0.39 is 39.1 Å². The Morgan fingerprint density at radius 2 is 1.81 bits per heavy atom. The van der Waals surface area contributed by atoms with E-state index in [9.17, 15) is 21.8 Å². The Bertz CT molecular complexity index is 523. The van der Waals surface area contributed by atoms with Crippen molar-refractivity contribution in [2.24, 2.45) is 0 Å². The van der Waals surface area contributed by atoms with E-state index in [0.29, 0.717) is 6.07 Å². The molecule has 2 atom stereocenters. The van der Waals surface area contributed by atoms with Crippen LogP contribution < -0.4 is 5.32 Å². The van der Waals surface area contributed by atoms with E-state index in [-0.39, 0.29) is 11.4 Å². The monoisotopic (exact) mass is 325 g/mol. The smallest absolute Gasteiger partial charge is 0.299 e. The lowest BCUT2D eigenvalue weighted by Gasteiger charge is -2.21. The Hall–Kier alpha value is -0.950. The minimum absolute atomic E-state index is 0.119. The second-order valence-corrected chi connectivity index (χ2v) is 7.97. The summed E-state index contributed by atoms with van der Waals surface area (Å²) in [6.45, 7) is 7.06. The van der Waals surface area contributed by atoms with Crippen molar-refractivity contribution in [3.8, 4) is 0 Å². The molecule has 0 aliphatic carbocycles. The van der Waals surface area contributed by atoms with Crippen molar-refractivity contribution < 1.29 is 21.8 Å². The zero-order valence-corrected chi connectivity index (χ0v) is 13.2. The number of rotatable bonds is 4. The summed E-state index contributed by atoms with van der Waals surface area (Å²) in [5.41, 5.74) is -0.900. The molecule has 1 aromatic carbocycles. The topological polar surface area (TPSA) is 29.1 Å². The molecule has 0 saturated heterocycles. The van der Waals surface area contributed by atoms with Crippen LogP contribution in [0.4, 0.5) is 17.6 Å². The van der Waals surface area contributed by atoms with Gasteiger partial charge in [-0.3, -0.25) is 9.53 Å². The molecule has 0 heterocycles. The highest BCUT2D eigenvalue weighted by atomic mass is 32.2. The summed E-state index contributed by atoms with van der Waals surface area (Å²) < 4.78 is 62.6. The summed E-state index contributed by atoms with van der Waals surface area (Å²) >= 11 is 0. The van der Waals surface area contributed by atoms with Crippen molar-refractivity contribution in [3.05, 3.63) is 35.1 Å². The van der Waals surface area contributed by atoms with Gasteiger partial charge in [0.25, 0.3) is 0 Å². The predicted octanol–water partition coefficient (Wildman–Crippen LogP) is 4.00. The Balaban J connectivity index is 2.80. The molecule has 7 heteroatoms. The van der Waals surface area contributed by atoms with Crippen LogP contribution in [0.5, 0.6) is 0 Å². The summed E-state index contributed by atoms with van der Waals surface area (Å²) in [4.78, 5) is 0. The molecule has 0 aromatic heterocycles. The second kappa shape index (κ2) is 6.44. The lowest BCUT2D eigenvalue weighted by molar-refractivity contribution is -0.137. The van der Waals surface area contributed by atoms with Gasteiger partial charge in [-0.15, -0.1) is 0 Å².